The van der Waals surface area contributed by atoms with Gasteiger partial charge in [-0.25, -0.2) is 14.3 Å². The molecule has 0 amide bonds. The van der Waals surface area contributed by atoms with Gasteiger partial charge in [0, 0.05) is 29.8 Å². The third-order valence-electron chi connectivity index (χ3n) is 4.96. The molecule has 3 aromatic rings. The largest absolute Gasteiger partial charge is 0.493 e. The Morgan fingerprint density at radius 2 is 1.91 bits per heavy atom. The minimum Gasteiger partial charge on any atom is -0.493 e. The number of methoxy groups -OCH3 is 2. The highest BCUT2D eigenvalue weighted by Crippen LogP contribution is 2.33. The Labute approximate surface area is 185 Å². The van der Waals surface area contributed by atoms with Crippen LogP contribution < -0.4 is 9.47 Å². The molecule has 1 atom stereocenters. The molecule has 32 heavy (non-hydrogen) atoms. The number of cyclic esters (lactones) is 1. The van der Waals surface area contributed by atoms with Crippen molar-refractivity contribution in [3.05, 3.63) is 66.4 Å². The summed E-state index contributed by atoms with van der Waals surface area (Å²) in [6.45, 7) is 0.258. The molecule has 4 rings (SSSR count). The van der Waals surface area contributed by atoms with Gasteiger partial charge in [-0.2, -0.15) is 5.10 Å². The number of hydrogen-bond acceptors (Lipinski definition) is 7. The lowest BCUT2D eigenvalue weighted by molar-refractivity contribution is -0.156. The number of esters is 2. The average Bonchev–Trinajstić information content (AvgIpc) is 3.44. The summed E-state index contributed by atoms with van der Waals surface area (Å²) in [6.07, 6.45) is 4.21. The Kier molecular flexibility index (Phi) is 6.21. The summed E-state index contributed by atoms with van der Waals surface area (Å²) in [5, 5.41) is 4.72. The molecule has 0 aliphatic carbocycles. The van der Waals surface area contributed by atoms with Crippen LogP contribution in [0.15, 0.2) is 60.8 Å². The fourth-order valence-corrected chi connectivity index (χ4v) is 3.35. The molecule has 0 radical (unpaired) electrons. The molecule has 1 aliphatic rings. The highest BCUT2D eigenvalue weighted by molar-refractivity contribution is 5.91. The minimum absolute atomic E-state index is 0.258. The van der Waals surface area contributed by atoms with Gasteiger partial charge in [0.2, 0.25) is 6.10 Å². The van der Waals surface area contributed by atoms with Gasteiger partial charge in [-0.1, -0.05) is 18.2 Å². The van der Waals surface area contributed by atoms with Crippen LogP contribution in [0.4, 0.5) is 0 Å². The first kappa shape index (κ1) is 21.2. The predicted molar refractivity (Wildman–Crippen MR) is 117 cm³/mol. The van der Waals surface area contributed by atoms with Crippen LogP contribution in [0.25, 0.3) is 23.0 Å². The summed E-state index contributed by atoms with van der Waals surface area (Å²) < 4.78 is 22.5. The zero-order valence-corrected chi connectivity index (χ0v) is 17.7. The molecule has 8 heteroatoms. The van der Waals surface area contributed by atoms with Crippen molar-refractivity contribution in [2.24, 2.45) is 0 Å². The van der Waals surface area contributed by atoms with Crippen molar-refractivity contribution in [1.82, 2.24) is 9.78 Å². The van der Waals surface area contributed by atoms with Gasteiger partial charge in [-0.15, -0.1) is 0 Å². The van der Waals surface area contributed by atoms with Crippen LogP contribution in [-0.4, -0.2) is 48.6 Å². The fraction of sp³-hybridized carbons (Fsp3) is 0.208. The van der Waals surface area contributed by atoms with E-state index >= 15 is 0 Å². The lowest BCUT2D eigenvalue weighted by atomic mass is 10.1. The lowest BCUT2D eigenvalue weighted by Crippen LogP contribution is -2.21. The smallest absolute Gasteiger partial charge is 0.347 e. The monoisotopic (exact) mass is 434 g/mol. The Balaban J connectivity index is 1.68. The molecule has 0 spiro atoms. The number of carbonyl (C=O) groups excluding carboxylic acids is 2. The van der Waals surface area contributed by atoms with Gasteiger partial charge in [0.05, 0.1) is 26.5 Å². The summed E-state index contributed by atoms with van der Waals surface area (Å²) in [5.74, 6) is 0.0189. The quantitative estimate of drug-likeness (QED) is 0.416. The Hall–Kier alpha value is -4.07. The van der Waals surface area contributed by atoms with Crippen LogP contribution in [0, 0.1) is 0 Å². The Morgan fingerprint density at radius 3 is 2.59 bits per heavy atom. The number of para-hydroxylation sites is 1. The van der Waals surface area contributed by atoms with Crippen LogP contribution in [0.3, 0.4) is 0 Å². The molecule has 1 unspecified atom stereocenters. The SMILES string of the molecule is COc1ccc(-c2nn(-c3ccccc3)cc2/C=C/C(=O)OC2CCOC2=O)cc1OC. The molecule has 1 aromatic heterocycles. The molecule has 0 saturated carbocycles. The van der Waals surface area contributed by atoms with Crippen molar-refractivity contribution in [2.75, 3.05) is 20.8 Å². The van der Waals surface area contributed by atoms with E-state index < -0.39 is 18.0 Å². The van der Waals surface area contributed by atoms with Crippen LogP contribution >= 0.6 is 0 Å². The first-order valence-corrected chi connectivity index (χ1v) is 10.0. The number of carbonyl (C=O) groups is 2. The number of hydrogen-bond donors (Lipinski definition) is 0. The van der Waals surface area contributed by atoms with Crippen LogP contribution in [0.2, 0.25) is 0 Å². The molecule has 0 N–H and O–H groups in total. The van der Waals surface area contributed by atoms with Gasteiger partial charge < -0.3 is 18.9 Å². The van der Waals surface area contributed by atoms with Gasteiger partial charge >= 0.3 is 11.9 Å². The number of aromatic nitrogens is 2. The van der Waals surface area contributed by atoms with E-state index in [0.29, 0.717) is 29.2 Å². The summed E-state index contributed by atoms with van der Waals surface area (Å²) in [5.41, 5.74) is 2.97. The van der Waals surface area contributed by atoms with Crippen LogP contribution in [0.5, 0.6) is 11.5 Å². The van der Waals surface area contributed by atoms with Crippen LogP contribution in [0.1, 0.15) is 12.0 Å². The summed E-state index contributed by atoms with van der Waals surface area (Å²) in [4.78, 5) is 23.8. The Bertz CT molecular complexity index is 1150. The molecule has 1 fully saturated rings. The molecular weight excluding hydrogens is 412 g/mol. The zero-order chi connectivity index (χ0) is 22.5. The molecule has 2 heterocycles. The van der Waals surface area contributed by atoms with E-state index in [4.69, 9.17) is 24.0 Å². The maximum atomic E-state index is 12.2. The summed E-state index contributed by atoms with van der Waals surface area (Å²) in [7, 11) is 3.14. The van der Waals surface area contributed by atoms with Crippen molar-refractivity contribution >= 4 is 18.0 Å². The first-order chi connectivity index (χ1) is 15.6. The van der Waals surface area contributed by atoms with E-state index in [1.165, 1.54) is 6.08 Å². The van der Waals surface area contributed by atoms with Crippen molar-refractivity contribution in [1.29, 1.82) is 0 Å². The summed E-state index contributed by atoms with van der Waals surface area (Å²) in [6, 6.07) is 15.1. The van der Waals surface area contributed by atoms with Crippen molar-refractivity contribution in [3.63, 3.8) is 0 Å². The molecule has 8 nitrogen and oxygen atoms in total. The van der Waals surface area contributed by atoms with Gasteiger partial charge in [-0.05, 0) is 36.4 Å². The molecular formula is C24H22N2O6. The molecule has 0 bridgehead atoms. The number of benzene rings is 2. The maximum absolute atomic E-state index is 12.2. The molecule has 2 aromatic carbocycles. The second-order valence-electron chi connectivity index (χ2n) is 7.00. The van der Waals surface area contributed by atoms with Crippen molar-refractivity contribution in [2.45, 2.75) is 12.5 Å². The van der Waals surface area contributed by atoms with Crippen molar-refractivity contribution < 1.29 is 28.5 Å². The van der Waals surface area contributed by atoms with Gasteiger partial charge in [0.25, 0.3) is 0 Å². The highest BCUT2D eigenvalue weighted by atomic mass is 16.6. The number of rotatable bonds is 7. The third kappa shape index (κ3) is 4.49. The average molecular weight is 434 g/mol. The zero-order valence-electron chi connectivity index (χ0n) is 17.7. The van der Waals surface area contributed by atoms with E-state index in [-0.39, 0.29) is 6.61 Å². The van der Waals surface area contributed by atoms with Gasteiger partial charge in [0.15, 0.2) is 11.5 Å². The van der Waals surface area contributed by atoms with E-state index in [0.717, 1.165) is 11.3 Å². The van der Waals surface area contributed by atoms with Gasteiger partial charge in [0.1, 0.15) is 5.69 Å². The Morgan fingerprint density at radius 1 is 1.12 bits per heavy atom. The van der Waals surface area contributed by atoms with E-state index in [1.807, 2.05) is 48.7 Å². The number of ether oxygens (including phenoxy) is 4. The normalized spacial score (nSPS) is 15.6. The molecule has 1 saturated heterocycles. The van der Waals surface area contributed by atoms with Gasteiger partial charge in [-0.3, -0.25) is 0 Å². The fourth-order valence-electron chi connectivity index (χ4n) is 3.35. The van der Waals surface area contributed by atoms with E-state index in [1.54, 1.807) is 31.0 Å². The second kappa shape index (κ2) is 9.38. The first-order valence-electron chi connectivity index (χ1n) is 10.0. The van der Waals surface area contributed by atoms with E-state index in [2.05, 4.69) is 0 Å². The molecule has 1 aliphatic heterocycles. The topological polar surface area (TPSA) is 88.9 Å². The predicted octanol–water partition coefficient (Wildman–Crippen LogP) is 3.43. The maximum Gasteiger partial charge on any atom is 0.347 e. The third-order valence-corrected chi connectivity index (χ3v) is 4.96. The second-order valence-corrected chi connectivity index (χ2v) is 7.00. The lowest BCUT2D eigenvalue weighted by Gasteiger charge is -2.09. The standard InChI is InChI=1S/C24H22N2O6/c1-29-19-10-8-16(14-21(19)30-2)23-17(15-26(25-23)18-6-4-3-5-7-18)9-11-22(27)32-20-12-13-31-24(20)28/h3-11,14-15,20H,12-13H2,1-2H3/b11-9+. The van der Waals surface area contributed by atoms with E-state index in [9.17, 15) is 9.59 Å². The highest BCUT2D eigenvalue weighted by Gasteiger charge is 2.29. The number of nitrogens with zero attached hydrogens (tertiary/aromatic N) is 2. The molecule has 164 valence electrons. The van der Waals surface area contributed by atoms with Crippen LogP contribution in [-0.2, 0) is 19.1 Å². The summed E-state index contributed by atoms with van der Waals surface area (Å²) >= 11 is 0. The van der Waals surface area contributed by atoms with Crippen molar-refractivity contribution in [3.8, 4) is 28.4 Å². The minimum atomic E-state index is -0.857.